The highest BCUT2D eigenvalue weighted by atomic mass is 32.1. The Hall–Kier alpha value is -3.52. The third-order valence-electron chi connectivity index (χ3n) is 4.45. The fraction of sp³-hybridized carbons (Fsp3) is 0.250. The van der Waals surface area contributed by atoms with Crippen molar-refractivity contribution >= 4 is 34.2 Å². The normalized spacial score (nSPS) is 10.6. The highest BCUT2D eigenvalue weighted by Crippen LogP contribution is 2.35. The van der Waals surface area contributed by atoms with Gasteiger partial charge in [-0.25, -0.2) is 9.59 Å². The van der Waals surface area contributed by atoms with E-state index in [1.54, 1.807) is 25.3 Å². The number of nitrogens with zero attached hydrogens (tertiary/aromatic N) is 1. The number of rotatable bonds is 8. The molecule has 2 heterocycles. The van der Waals surface area contributed by atoms with Gasteiger partial charge in [-0.15, -0.1) is 11.3 Å². The molecule has 0 unspecified atom stereocenters. The molecule has 1 aromatic carbocycles. The quantitative estimate of drug-likeness (QED) is 0.490. The molecule has 0 bridgehead atoms. The topological polar surface area (TPSA) is 94.6 Å². The van der Waals surface area contributed by atoms with Gasteiger partial charge in [0.25, 0.3) is 5.91 Å². The van der Waals surface area contributed by atoms with Crippen molar-refractivity contribution in [3.63, 3.8) is 0 Å². The monoisotopic (exact) mass is 452 g/mol. The lowest BCUT2D eigenvalue weighted by Crippen LogP contribution is -2.16. The molecule has 8 heteroatoms. The number of hydrogen-bond donors (Lipinski definition) is 1. The summed E-state index contributed by atoms with van der Waals surface area (Å²) in [6, 6.07) is 12.5. The number of carbonyl (C=O) groups is 3. The molecule has 0 saturated heterocycles. The predicted molar refractivity (Wildman–Crippen MR) is 122 cm³/mol. The highest BCUT2D eigenvalue weighted by Gasteiger charge is 2.28. The van der Waals surface area contributed by atoms with Crippen LogP contribution in [0.25, 0.3) is 0 Å². The van der Waals surface area contributed by atoms with Gasteiger partial charge < -0.3 is 14.8 Å². The second-order valence-corrected chi connectivity index (χ2v) is 8.53. The summed E-state index contributed by atoms with van der Waals surface area (Å²) in [7, 11) is 0. The van der Waals surface area contributed by atoms with Crippen molar-refractivity contribution in [2.24, 2.45) is 5.92 Å². The average Bonchev–Trinajstić information content (AvgIpc) is 3.12. The summed E-state index contributed by atoms with van der Waals surface area (Å²) >= 11 is 0.987. The Bertz CT molecular complexity index is 1090. The molecule has 2 aromatic heterocycles. The number of benzene rings is 1. The summed E-state index contributed by atoms with van der Waals surface area (Å²) in [5.74, 6) is -1.48. The molecule has 0 spiro atoms. The molecule has 3 aromatic rings. The third-order valence-corrected chi connectivity index (χ3v) is 5.63. The molecule has 32 heavy (non-hydrogen) atoms. The number of hydrogen-bond acceptors (Lipinski definition) is 7. The van der Waals surface area contributed by atoms with Gasteiger partial charge in [-0.05, 0) is 36.1 Å². The molecule has 7 nitrogen and oxygen atoms in total. The summed E-state index contributed by atoms with van der Waals surface area (Å²) in [5, 5.41) is 2.95. The van der Waals surface area contributed by atoms with Gasteiger partial charge in [-0.1, -0.05) is 44.2 Å². The first-order valence-corrected chi connectivity index (χ1v) is 10.9. The predicted octanol–water partition coefficient (Wildman–Crippen LogP) is 4.87. The van der Waals surface area contributed by atoms with Crippen LogP contribution in [0.1, 0.15) is 55.4 Å². The molecular formula is C24H24N2O5S. The number of carbonyl (C=O) groups excluding carboxylic acids is 3. The van der Waals surface area contributed by atoms with Crippen LogP contribution in [0.4, 0.5) is 5.00 Å². The molecule has 0 aliphatic carbocycles. The Morgan fingerprint density at radius 1 is 1.03 bits per heavy atom. The maximum absolute atomic E-state index is 12.8. The maximum Gasteiger partial charge on any atom is 0.349 e. The molecule has 0 saturated carbocycles. The molecule has 1 amide bonds. The van der Waals surface area contributed by atoms with E-state index in [1.807, 2.05) is 44.2 Å². The van der Waals surface area contributed by atoms with Crippen molar-refractivity contribution in [2.75, 3.05) is 11.9 Å². The molecule has 0 atom stereocenters. The Morgan fingerprint density at radius 2 is 1.78 bits per heavy atom. The van der Waals surface area contributed by atoms with E-state index in [-0.39, 0.29) is 34.6 Å². The number of nitrogens with one attached hydrogen (secondary N) is 1. The maximum atomic E-state index is 12.8. The summed E-state index contributed by atoms with van der Waals surface area (Å²) in [6.07, 6.45) is 2.98. The summed E-state index contributed by atoms with van der Waals surface area (Å²) in [4.78, 5) is 42.4. The highest BCUT2D eigenvalue weighted by molar-refractivity contribution is 7.18. The lowest BCUT2D eigenvalue weighted by atomic mass is 10.1. The standard InChI is InChI=1S/C24H24N2O5S/c1-15(2)13-30-23(28)19-16(3)20(24(29)31-14-17-8-5-4-6-9-17)32-22(19)26-21(27)18-10-7-11-25-12-18/h4-12,15H,13-14H2,1-3H3,(H,26,27). The number of thiophene rings is 1. The molecule has 1 N–H and O–H groups in total. The molecule has 166 valence electrons. The van der Waals surface area contributed by atoms with Crippen LogP contribution < -0.4 is 5.32 Å². The van der Waals surface area contributed by atoms with Crippen LogP contribution in [0.5, 0.6) is 0 Å². The minimum atomic E-state index is -0.601. The molecule has 0 radical (unpaired) electrons. The smallest absolute Gasteiger partial charge is 0.349 e. The van der Waals surface area contributed by atoms with Crippen LogP contribution >= 0.6 is 11.3 Å². The number of esters is 2. The summed E-state index contributed by atoms with van der Waals surface area (Å²) in [5.41, 5.74) is 1.73. The minimum absolute atomic E-state index is 0.0987. The first-order chi connectivity index (χ1) is 15.4. The SMILES string of the molecule is Cc1c(C(=O)OCc2ccccc2)sc(NC(=O)c2cccnc2)c1C(=O)OCC(C)C. The summed E-state index contributed by atoms with van der Waals surface area (Å²) in [6.45, 7) is 5.80. The second kappa shape index (κ2) is 10.7. The lowest BCUT2D eigenvalue weighted by Gasteiger charge is -2.09. The van der Waals surface area contributed by atoms with Gasteiger partial charge in [0.05, 0.1) is 17.7 Å². The van der Waals surface area contributed by atoms with Gasteiger partial charge in [-0.3, -0.25) is 9.78 Å². The van der Waals surface area contributed by atoms with Crippen LogP contribution in [0.2, 0.25) is 0 Å². The van der Waals surface area contributed by atoms with Crippen molar-refractivity contribution in [1.29, 1.82) is 0 Å². The Kier molecular flexibility index (Phi) is 7.72. The minimum Gasteiger partial charge on any atom is -0.462 e. The van der Waals surface area contributed by atoms with E-state index in [2.05, 4.69) is 10.3 Å². The van der Waals surface area contributed by atoms with Gasteiger partial charge in [-0.2, -0.15) is 0 Å². The van der Waals surface area contributed by atoms with E-state index in [1.165, 1.54) is 6.20 Å². The van der Waals surface area contributed by atoms with Crippen molar-refractivity contribution in [1.82, 2.24) is 4.98 Å². The van der Waals surface area contributed by atoms with E-state index in [4.69, 9.17) is 9.47 Å². The Morgan fingerprint density at radius 3 is 2.44 bits per heavy atom. The first-order valence-electron chi connectivity index (χ1n) is 10.1. The molecule has 3 rings (SSSR count). The van der Waals surface area contributed by atoms with Crippen LogP contribution in [0.15, 0.2) is 54.9 Å². The zero-order valence-corrected chi connectivity index (χ0v) is 18.9. The molecular weight excluding hydrogens is 428 g/mol. The zero-order valence-electron chi connectivity index (χ0n) is 18.1. The van der Waals surface area contributed by atoms with Crippen molar-refractivity contribution in [3.05, 3.63) is 82.0 Å². The largest absolute Gasteiger partial charge is 0.462 e. The van der Waals surface area contributed by atoms with Crippen LogP contribution in [-0.4, -0.2) is 29.4 Å². The van der Waals surface area contributed by atoms with Gasteiger partial charge in [0, 0.05) is 12.4 Å². The van der Waals surface area contributed by atoms with E-state index < -0.39 is 17.8 Å². The second-order valence-electron chi connectivity index (χ2n) is 7.51. The number of anilines is 1. The third kappa shape index (κ3) is 5.79. The number of pyridine rings is 1. The van der Waals surface area contributed by atoms with Gasteiger partial charge >= 0.3 is 11.9 Å². The van der Waals surface area contributed by atoms with Crippen molar-refractivity contribution in [2.45, 2.75) is 27.4 Å². The number of ether oxygens (including phenoxy) is 2. The Labute approximate surface area is 190 Å². The van der Waals surface area contributed by atoms with Crippen LogP contribution in [0, 0.1) is 12.8 Å². The van der Waals surface area contributed by atoms with E-state index in [0.717, 1.165) is 16.9 Å². The number of aromatic nitrogens is 1. The van der Waals surface area contributed by atoms with Gasteiger partial charge in [0.2, 0.25) is 0 Å². The first kappa shape index (κ1) is 23.1. The van der Waals surface area contributed by atoms with Gasteiger partial charge in [0.1, 0.15) is 16.5 Å². The van der Waals surface area contributed by atoms with E-state index >= 15 is 0 Å². The van der Waals surface area contributed by atoms with E-state index in [0.29, 0.717) is 11.1 Å². The molecule has 0 aliphatic rings. The molecule has 0 aliphatic heterocycles. The van der Waals surface area contributed by atoms with Gasteiger partial charge in [0.15, 0.2) is 0 Å². The number of amides is 1. The van der Waals surface area contributed by atoms with Crippen LogP contribution in [0.3, 0.4) is 0 Å². The van der Waals surface area contributed by atoms with E-state index in [9.17, 15) is 14.4 Å². The average molecular weight is 453 g/mol. The molecule has 0 fully saturated rings. The lowest BCUT2D eigenvalue weighted by molar-refractivity contribution is 0.0460. The van der Waals surface area contributed by atoms with Crippen molar-refractivity contribution in [3.8, 4) is 0 Å². The van der Waals surface area contributed by atoms with Crippen molar-refractivity contribution < 1.29 is 23.9 Å². The summed E-state index contributed by atoms with van der Waals surface area (Å²) < 4.78 is 10.8. The fourth-order valence-corrected chi connectivity index (χ4v) is 3.90. The zero-order chi connectivity index (χ0) is 23.1. The fourth-order valence-electron chi connectivity index (χ4n) is 2.82. The Balaban J connectivity index is 1.87. The van der Waals surface area contributed by atoms with Crippen LogP contribution in [-0.2, 0) is 16.1 Å².